The van der Waals surface area contributed by atoms with Crippen molar-refractivity contribution in [2.45, 2.75) is 27.4 Å². The second kappa shape index (κ2) is 5.19. The molecule has 0 spiro atoms. The Bertz CT molecular complexity index is 357. The van der Waals surface area contributed by atoms with Gasteiger partial charge >= 0.3 is 0 Å². The molecular weight excluding hydrogens is 266 g/mol. The van der Waals surface area contributed by atoms with Gasteiger partial charge in [0, 0.05) is 18.1 Å². The van der Waals surface area contributed by atoms with E-state index in [-0.39, 0.29) is 12.0 Å². The lowest BCUT2D eigenvalue weighted by Crippen LogP contribution is -2.29. The van der Waals surface area contributed by atoms with Gasteiger partial charge in [-0.3, -0.25) is 0 Å². The molecule has 3 heteroatoms. The van der Waals surface area contributed by atoms with Gasteiger partial charge in [-0.1, -0.05) is 26.8 Å². The first-order valence-electron chi connectivity index (χ1n) is 5.44. The molecule has 1 rings (SSSR count). The van der Waals surface area contributed by atoms with Crippen molar-refractivity contribution in [1.29, 1.82) is 0 Å². The summed E-state index contributed by atoms with van der Waals surface area (Å²) in [6.07, 6.45) is 0. The highest BCUT2D eigenvalue weighted by molar-refractivity contribution is 9.10. The van der Waals surface area contributed by atoms with E-state index in [1.807, 2.05) is 18.2 Å². The van der Waals surface area contributed by atoms with Crippen LogP contribution in [-0.4, -0.2) is 18.7 Å². The third kappa shape index (κ3) is 3.80. The van der Waals surface area contributed by atoms with Gasteiger partial charge < -0.3 is 10.0 Å². The third-order valence-electron chi connectivity index (χ3n) is 2.32. The Balaban J connectivity index is 2.88. The van der Waals surface area contributed by atoms with Crippen LogP contribution in [0.3, 0.4) is 0 Å². The van der Waals surface area contributed by atoms with Gasteiger partial charge in [0.1, 0.15) is 0 Å². The first kappa shape index (κ1) is 13.5. The van der Waals surface area contributed by atoms with Crippen molar-refractivity contribution >= 4 is 21.6 Å². The van der Waals surface area contributed by atoms with Gasteiger partial charge in [0.25, 0.3) is 0 Å². The molecule has 0 saturated carbocycles. The SMILES string of the molecule is CN(CC(C)(C)C)c1ccc(CO)cc1Br. The second-order valence-corrected chi connectivity index (χ2v) is 6.21. The summed E-state index contributed by atoms with van der Waals surface area (Å²) in [6, 6.07) is 5.97. The zero-order chi connectivity index (χ0) is 12.3. The number of hydrogen-bond acceptors (Lipinski definition) is 2. The number of benzene rings is 1. The van der Waals surface area contributed by atoms with Crippen LogP contribution in [0.2, 0.25) is 0 Å². The van der Waals surface area contributed by atoms with Crippen molar-refractivity contribution < 1.29 is 5.11 Å². The smallest absolute Gasteiger partial charge is 0.0682 e. The Labute approximate surface area is 106 Å². The van der Waals surface area contributed by atoms with Crippen LogP contribution in [0.5, 0.6) is 0 Å². The van der Waals surface area contributed by atoms with E-state index >= 15 is 0 Å². The number of hydrogen-bond donors (Lipinski definition) is 1. The Kier molecular flexibility index (Phi) is 4.39. The monoisotopic (exact) mass is 285 g/mol. The predicted molar refractivity (Wildman–Crippen MR) is 72.8 cm³/mol. The van der Waals surface area contributed by atoms with E-state index in [1.165, 1.54) is 0 Å². The molecule has 1 aromatic carbocycles. The molecular formula is C13H20BrNO. The lowest BCUT2D eigenvalue weighted by Gasteiger charge is -2.29. The molecule has 0 aliphatic rings. The topological polar surface area (TPSA) is 23.5 Å². The van der Waals surface area contributed by atoms with E-state index in [4.69, 9.17) is 5.11 Å². The van der Waals surface area contributed by atoms with E-state index in [2.05, 4.69) is 48.6 Å². The van der Waals surface area contributed by atoms with E-state index < -0.39 is 0 Å². The molecule has 2 nitrogen and oxygen atoms in total. The maximum atomic E-state index is 9.04. The van der Waals surface area contributed by atoms with Gasteiger partial charge in [0.05, 0.1) is 12.3 Å². The molecule has 0 atom stereocenters. The van der Waals surface area contributed by atoms with Crippen LogP contribution in [-0.2, 0) is 6.61 Å². The average Bonchev–Trinajstić information content (AvgIpc) is 2.14. The van der Waals surface area contributed by atoms with Crippen molar-refractivity contribution in [1.82, 2.24) is 0 Å². The zero-order valence-electron chi connectivity index (χ0n) is 10.4. The number of aliphatic hydroxyl groups is 1. The van der Waals surface area contributed by atoms with Gasteiger partial charge in [-0.2, -0.15) is 0 Å². The fourth-order valence-corrected chi connectivity index (χ4v) is 2.48. The van der Waals surface area contributed by atoms with Crippen LogP contribution in [0.25, 0.3) is 0 Å². The molecule has 0 radical (unpaired) electrons. The lowest BCUT2D eigenvalue weighted by atomic mass is 9.96. The molecule has 0 fully saturated rings. The van der Waals surface area contributed by atoms with Crippen LogP contribution in [0.4, 0.5) is 5.69 Å². The number of aliphatic hydroxyl groups excluding tert-OH is 1. The minimum atomic E-state index is 0.0852. The van der Waals surface area contributed by atoms with E-state index in [9.17, 15) is 0 Å². The summed E-state index contributed by atoms with van der Waals surface area (Å²) < 4.78 is 1.03. The van der Waals surface area contributed by atoms with Crippen molar-refractivity contribution in [3.05, 3.63) is 28.2 Å². The Morgan fingerprint density at radius 3 is 2.38 bits per heavy atom. The Morgan fingerprint density at radius 2 is 1.94 bits per heavy atom. The molecule has 0 amide bonds. The Morgan fingerprint density at radius 1 is 1.31 bits per heavy atom. The molecule has 16 heavy (non-hydrogen) atoms. The molecule has 0 unspecified atom stereocenters. The summed E-state index contributed by atoms with van der Waals surface area (Å²) in [5.41, 5.74) is 2.36. The molecule has 0 bridgehead atoms. The molecule has 1 aromatic rings. The second-order valence-electron chi connectivity index (χ2n) is 5.36. The van der Waals surface area contributed by atoms with Crippen molar-refractivity contribution in [3.8, 4) is 0 Å². The predicted octanol–water partition coefficient (Wildman–Crippen LogP) is 3.42. The molecule has 1 N–H and O–H groups in total. The average molecular weight is 286 g/mol. The standard InChI is InChI=1S/C13H20BrNO/c1-13(2,3)9-15(4)12-6-5-10(8-16)7-11(12)14/h5-7,16H,8-9H2,1-4H3. The van der Waals surface area contributed by atoms with Crippen LogP contribution < -0.4 is 4.90 Å². The number of anilines is 1. The zero-order valence-corrected chi connectivity index (χ0v) is 12.0. The maximum absolute atomic E-state index is 9.04. The first-order valence-corrected chi connectivity index (χ1v) is 6.23. The lowest BCUT2D eigenvalue weighted by molar-refractivity contribution is 0.282. The van der Waals surface area contributed by atoms with Crippen molar-refractivity contribution in [2.24, 2.45) is 5.41 Å². The molecule has 0 aromatic heterocycles. The first-order chi connectivity index (χ1) is 7.33. The van der Waals surface area contributed by atoms with Crippen LogP contribution in [0.15, 0.2) is 22.7 Å². The number of nitrogens with zero attached hydrogens (tertiary/aromatic N) is 1. The maximum Gasteiger partial charge on any atom is 0.0682 e. The minimum Gasteiger partial charge on any atom is -0.392 e. The summed E-state index contributed by atoms with van der Waals surface area (Å²) in [4.78, 5) is 2.23. The third-order valence-corrected chi connectivity index (χ3v) is 2.95. The largest absolute Gasteiger partial charge is 0.392 e. The van der Waals surface area contributed by atoms with Gasteiger partial charge in [-0.15, -0.1) is 0 Å². The number of halogens is 1. The summed E-state index contributed by atoms with van der Waals surface area (Å²) in [7, 11) is 2.09. The summed E-state index contributed by atoms with van der Waals surface area (Å²) in [5, 5.41) is 9.04. The van der Waals surface area contributed by atoms with Gasteiger partial charge in [-0.25, -0.2) is 0 Å². The highest BCUT2D eigenvalue weighted by Gasteiger charge is 2.15. The summed E-state index contributed by atoms with van der Waals surface area (Å²) in [6.45, 7) is 7.74. The van der Waals surface area contributed by atoms with Crippen LogP contribution >= 0.6 is 15.9 Å². The highest BCUT2D eigenvalue weighted by Crippen LogP contribution is 2.28. The number of rotatable bonds is 3. The van der Waals surface area contributed by atoms with E-state index in [0.29, 0.717) is 0 Å². The summed E-state index contributed by atoms with van der Waals surface area (Å²) >= 11 is 3.54. The summed E-state index contributed by atoms with van der Waals surface area (Å²) in [5.74, 6) is 0. The fourth-order valence-electron chi connectivity index (χ4n) is 1.76. The Hall–Kier alpha value is -0.540. The van der Waals surface area contributed by atoms with Gasteiger partial charge in [0.15, 0.2) is 0 Å². The van der Waals surface area contributed by atoms with Crippen LogP contribution in [0, 0.1) is 5.41 Å². The molecule has 0 heterocycles. The molecule has 0 aliphatic heterocycles. The van der Waals surface area contributed by atoms with Crippen molar-refractivity contribution in [3.63, 3.8) is 0 Å². The van der Waals surface area contributed by atoms with E-state index in [0.717, 1.165) is 22.3 Å². The van der Waals surface area contributed by atoms with Crippen LogP contribution in [0.1, 0.15) is 26.3 Å². The quantitative estimate of drug-likeness (QED) is 0.920. The van der Waals surface area contributed by atoms with Crippen molar-refractivity contribution in [2.75, 3.05) is 18.5 Å². The molecule has 0 saturated heterocycles. The van der Waals surface area contributed by atoms with Gasteiger partial charge in [0.2, 0.25) is 0 Å². The normalized spacial score (nSPS) is 11.6. The molecule has 90 valence electrons. The van der Waals surface area contributed by atoms with Gasteiger partial charge in [-0.05, 0) is 39.0 Å². The van der Waals surface area contributed by atoms with E-state index in [1.54, 1.807) is 0 Å². The fraction of sp³-hybridized carbons (Fsp3) is 0.538. The molecule has 0 aliphatic carbocycles. The minimum absolute atomic E-state index is 0.0852. The highest BCUT2D eigenvalue weighted by atomic mass is 79.9.